The molecule has 1 aromatic heterocycles. The molecule has 0 bridgehead atoms. The maximum atomic E-state index is 12.9. The number of aromatic nitrogens is 1. The first-order chi connectivity index (χ1) is 12.4. The van der Waals surface area contributed by atoms with E-state index in [0.29, 0.717) is 12.8 Å². The van der Waals surface area contributed by atoms with Crippen molar-refractivity contribution in [2.75, 3.05) is 37.6 Å². The molecule has 8 heteroatoms. The molecular weight excluding hydrogens is 345 g/mol. The fourth-order valence-electron chi connectivity index (χ4n) is 3.77. The predicted molar refractivity (Wildman–Crippen MR) is 92.8 cm³/mol. The Labute approximate surface area is 151 Å². The number of amides is 1. The topological polar surface area (TPSA) is 48.5 Å². The molecule has 0 unspecified atom stereocenters. The van der Waals surface area contributed by atoms with Gasteiger partial charge in [0.25, 0.3) is 0 Å². The van der Waals surface area contributed by atoms with Crippen LogP contribution in [-0.2, 0) is 4.79 Å². The second-order valence-electron chi connectivity index (χ2n) is 7.12. The third-order valence-corrected chi connectivity index (χ3v) is 5.22. The molecule has 26 heavy (non-hydrogen) atoms. The molecular formula is C18H25F3N4O. The smallest absolute Gasteiger partial charge is 0.354 e. The number of halogens is 3. The number of hydrogen-bond donors (Lipinski definition) is 1. The Morgan fingerprint density at radius 2 is 1.96 bits per heavy atom. The predicted octanol–water partition coefficient (Wildman–Crippen LogP) is 2.44. The van der Waals surface area contributed by atoms with Crippen LogP contribution in [0.1, 0.15) is 25.7 Å². The first-order valence-electron chi connectivity index (χ1n) is 9.16. The molecule has 2 aliphatic rings. The number of nitrogens with one attached hydrogen (secondary N) is 1. The number of rotatable bonds is 4. The zero-order valence-electron chi connectivity index (χ0n) is 14.7. The molecule has 2 atom stereocenters. The van der Waals surface area contributed by atoms with E-state index in [0.717, 1.165) is 32.0 Å². The molecule has 0 radical (unpaired) electrons. The lowest BCUT2D eigenvalue weighted by Gasteiger charge is -2.35. The third kappa shape index (κ3) is 5.09. The molecule has 3 rings (SSSR count). The summed E-state index contributed by atoms with van der Waals surface area (Å²) in [6, 6.07) is 5.42. The van der Waals surface area contributed by atoms with Gasteiger partial charge in [-0.15, -0.1) is 0 Å². The minimum absolute atomic E-state index is 0.00267. The van der Waals surface area contributed by atoms with Crippen LogP contribution >= 0.6 is 0 Å². The number of carbonyl (C=O) groups is 1. The van der Waals surface area contributed by atoms with Crippen molar-refractivity contribution in [1.82, 2.24) is 15.2 Å². The summed E-state index contributed by atoms with van der Waals surface area (Å²) in [7, 11) is 0. The number of pyridine rings is 1. The van der Waals surface area contributed by atoms with Crippen LogP contribution < -0.4 is 10.2 Å². The lowest BCUT2D eigenvalue weighted by atomic mass is 9.85. The molecule has 144 valence electrons. The van der Waals surface area contributed by atoms with E-state index in [1.807, 2.05) is 23.1 Å². The second-order valence-corrected chi connectivity index (χ2v) is 7.12. The lowest BCUT2D eigenvalue weighted by molar-refractivity contribution is -0.184. The highest BCUT2D eigenvalue weighted by Crippen LogP contribution is 2.37. The van der Waals surface area contributed by atoms with Crippen molar-refractivity contribution in [2.45, 2.75) is 37.9 Å². The number of nitrogens with zero attached hydrogens (tertiary/aromatic N) is 3. The largest absolute Gasteiger partial charge is 0.391 e. The van der Waals surface area contributed by atoms with Gasteiger partial charge < -0.3 is 10.2 Å². The maximum absolute atomic E-state index is 12.9. The highest BCUT2D eigenvalue weighted by Gasteiger charge is 2.42. The Kier molecular flexibility index (Phi) is 6.01. The average Bonchev–Trinajstić information content (AvgIpc) is 2.62. The first-order valence-corrected chi connectivity index (χ1v) is 9.16. The van der Waals surface area contributed by atoms with Crippen LogP contribution in [0.25, 0.3) is 0 Å². The van der Waals surface area contributed by atoms with Gasteiger partial charge in [0.15, 0.2) is 0 Å². The molecule has 0 aromatic carbocycles. The minimum Gasteiger partial charge on any atom is -0.354 e. The van der Waals surface area contributed by atoms with Crippen molar-refractivity contribution >= 4 is 11.7 Å². The van der Waals surface area contributed by atoms with Crippen molar-refractivity contribution in [3.05, 3.63) is 24.4 Å². The Morgan fingerprint density at radius 1 is 1.19 bits per heavy atom. The quantitative estimate of drug-likeness (QED) is 0.885. The fraction of sp³-hybridized carbons (Fsp3) is 0.667. The van der Waals surface area contributed by atoms with E-state index in [9.17, 15) is 18.0 Å². The molecule has 1 aromatic rings. The van der Waals surface area contributed by atoms with Crippen LogP contribution in [0.15, 0.2) is 24.4 Å². The SMILES string of the molecule is O=C(CN1CCN(c2ccccn2)CC1)N[C@@H]1CCC[C@@H](C(F)(F)F)C1. The van der Waals surface area contributed by atoms with Gasteiger partial charge in [0.2, 0.25) is 5.91 Å². The molecule has 1 amide bonds. The molecule has 5 nitrogen and oxygen atoms in total. The highest BCUT2D eigenvalue weighted by molar-refractivity contribution is 5.78. The van der Waals surface area contributed by atoms with Crippen molar-refractivity contribution in [2.24, 2.45) is 5.92 Å². The number of alkyl halides is 3. The van der Waals surface area contributed by atoms with Crippen LogP contribution in [0.5, 0.6) is 0 Å². The van der Waals surface area contributed by atoms with Crippen LogP contribution in [0.3, 0.4) is 0 Å². The van der Waals surface area contributed by atoms with Gasteiger partial charge in [0.1, 0.15) is 5.82 Å². The average molecular weight is 370 g/mol. The van der Waals surface area contributed by atoms with E-state index in [1.54, 1.807) is 6.20 Å². The number of carbonyl (C=O) groups excluding carboxylic acids is 1. The molecule has 1 N–H and O–H groups in total. The van der Waals surface area contributed by atoms with Crippen LogP contribution in [0.4, 0.5) is 19.0 Å². The van der Waals surface area contributed by atoms with Crippen molar-refractivity contribution in [3.63, 3.8) is 0 Å². The van der Waals surface area contributed by atoms with Gasteiger partial charge in [-0.25, -0.2) is 4.98 Å². The molecule has 1 saturated carbocycles. The Balaban J connectivity index is 1.42. The summed E-state index contributed by atoms with van der Waals surface area (Å²) in [4.78, 5) is 20.8. The summed E-state index contributed by atoms with van der Waals surface area (Å²) < 4.78 is 38.6. The van der Waals surface area contributed by atoms with Gasteiger partial charge in [-0.3, -0.25) is 9.69 Å². The van der Waals surface area contributed by atoms with Gasteiger partial charge in [0.05, 0.1) is 12.5 Å². The standard InChI is InChI=1S/C18H25F3N4O/c19-18(20,21)14-4-3-5-15(12-14)23-17(26)13-24-8-10-25(11-9-24)16-6-1-2-7-22-16/h1-2,6-7,14-15H,3-5,8-13H2,(H,23,26)/t14-,15-/m1/s1. The monoisotopic (exact) mass is 370 g/mol. The van der Waals surface area contributed by atoms with E-state index in [1.165, 1.54) is 0 Å². The Hall–Kier alpha value is -1.83. The molecule has 1 aliphatic heterocycles. The Morgan fingerprint density at radius 3 is 2.62 bits per heavy atom. The third-order valence-electron chi connectivity index (χ3n) is 5.22. The van der Waals surface area contributed by atoms with E-state index in [4.69, 9.17) is 0 Å². The first kappa shape index (κ1) is 18.9. The van der Waals surface area contributed by atoms with Crippen LogP contribution in [0.2, 0.25) is 0 Å². The molecule has 2 fully saturated rings. The summed E-state index contributed by atoms with van der Waals surface area (Å²) in [5, 5.41) is 2.80. The van der Waals surface area contributed by atoms with Crippen molar-refractivity contribution < 1.29 is 18.0 Å². The van der Waals surface area contributed by atoms with Gasteiger partial charge in [-0.2, -0.15) is 13.2 Å². The number of hydrogen-bond acceptors (Lipinski definition) is 4. The maximum Gasteiger partial charge on any atom is 0.391 e. The fourth-order valence-corrected chi connectivity index (χ4v) is 3.77. The minimum atomic E-state index is -4.16. The van der Waals surface area contributed by atoms with Gasteiger partial charge >= 0.3 is 6.18 Å². The normalized spacial score (nSPS) is 25.1. The summed E-state index contributed by atoms with van der Waals surface area (Å²) >= 11 is 0. The van der Waals surface area contributed by atoms with E-state index < -0.39 is 12.1 Å². The van der Waals surface area contributed by atoms with Crippen LogP contribution in [0, 0.1) is 5.92 Å². The van der Waals surface area contributed by atoms with Crippen molar-refractivity contribution in [3.8, 4) is 0 Å². The number of anilines is 1. The highest BCUT2D eigenvalue weighted by atomic mass is 19.4. The van der Waals surface area contributed by atoms with E-state index >= 15 is 0 Å². The summed E-state index contributed by atoms with van der Waals surface area (Å²) in [6.45, 7) is 3.27. The Bertz CT molecular complexity index is 588. The van der Waals surface area contributed by atoms with Gasteiger partial charge in [0, 0.05) is 38.4 Å². The summed E-state index contributed by atoms with van der Waals surface area (Å²) in [5.41, 5.74) is 0. The zero-order chi connectivity index (χ0) is 18.6. The molecule has 0 spiro atoms. The van der Waals surface area contributed by atoms with Crippen molar-refractivity contribution in [1.29, 1.82) is 0 Å². The van der Waals surface area contributed by atoms with E-state index in [-0.39, 0.29) is 31.3 Å². The second kappa shape index (κ2) is 8.24. The molecule has 2 heterocycles. The van der Waals surface area contributed by atoms with Gasteiger partial charge in [-0.05, 0) is 31.4 Å². The molecule has 1 aliphatic carbocycles. The number of piperazine rings is 1. The summed E-state index contributed by atoms with van der Waals surface area (Å²) in [5.74, 6) is -0.537. The molecule has 1 saturated heterocycles. The van der Waals surface area contributed by atoms with E-state index in [2.05, 4.69) is 15.2 Å². The zero-order valence-corrected chi connectivity index (χ0v) is 14.7. The lowest BCUT2D eigenvalue weighted by Crippen LogP contribution is -2.51. The van der Waals surface area contributed by atoms with Gasteiger partial charge in [-0.1, -0.05) is 12.5 Å². The summed E-state index contributed by atoms with van der Waals surface area (Å²) in [6.07, 6.45) is -1.09. The van der Waals surface area contributed by atoms with Crippen LogP contribution in [-0.4, -0.2) is 60.7 Å².